The number of carbonyl (C=O) groups excluding carboxylic acids is 1. The number of aliphatic imine (C=N–C) groups is 1. The average molecular weight is 360 g/mol. The van der Waals surface area contributed by atoms with Crippen LogP contribution in [0.25, 0.3) is 0 Å². The van der Waals surface area contributed by atoms with E-state index in [0.29, 0.717) is 41.1 Å². The molecule has 0 aliphatic carbocycles. The van der Waals surface area contributed by atoms with E-state index in [1.165, 1.54) is 0 Å². The van der Waals surface area contributed by atoms with Gasteiger partial charge >= 0.3 is 6.03 Å². The Kier molecular flexibility index (Phi) is 5.09. The van der Waals surface area contributed by atoms with E-state index >= 15 is 0 Å². The summed E-state index contributed by atoms with van der Waals surface area (Å²) >= 11 is 6.04. The molecule has 0 saturated heterocycles. The third kappa shape index (κ3) is 3.69. The fourth-order valence-corrected chi connectivity index (χ4v) is 2.81. The summed E-state index contributed by atoms with van der Waals surface area (Å²) in [4.78, 5) is 18.7. The van der Waals surface area contributed by atoms with Gasteiger partial charge in [0.1, 0.15) is 5.84 Å². The highest BCUT2D eigenvalue weighted by Gasteiger charge is 2.25. The molecule has 0 unspecified atom stereocenters. The Balaban J connectivity index is 1.78. The lowest BCUT2D eigenvalue weighted by Gasteiger charge is -2.20. The summed E-state index contributed by atoms with van der Waals surface area (Å²) in [5.74, 6) is 1.76. The van der Waals surface area contributed by atoms with Gasteiger partial charge in [0.15, 0.2) is 11.5 Å². The van der Waals surface area contributed by atoms with Gasteiger partial charge in [-0.25, -0.2) is 4.79 Å². The molecule has 2 aromatic rings. The first kappa shape index (κ1) is 17.1. The smallest absolute Gasteiger partial charge is 0.327 e. The second kappa shape index (κ2) is 7.44. The van der Waals surface area contributed by atoms with Crippen molar-refractivity contribution in [1.29, 1.82) is 0 Å². The SMILES string of the molecule is COc1ccc(NC(=O)N2CCN=C2c2cccc(Cl)c2)cc1OC. The zero-order chi connectivity index (χ0) is 17.8. The molecule has 1 aliphatic heterocycles. The summed E-state index contributed by atoms with van der Waals surface area (Å²) in [7, 11) is 3.11. The molecule has 1 heterocycles. The van der Waals surface area contributed by atoms with Gasteiger partial charge in [-0.15, -0.1) is 0 Å². The Morgan fingerprint density at radius 2 is 1.96 bits per heavy atom. The minimum atomic E-state index is -0.261. The molecule has 130 valence electrons. The van der Waals surface area contributed by atoms with Crippen LogP contribution in [0.3, 0.4) is 0 Å². The van der Waals surface area contributed by atoms with Crippen molar-refractivity contribution in [2.75, 3.05) is 32.6 Å². The largest absolute Gasteiger partial charge is 0.493 e. The van der Waals surface area contributed by atoms with E-state index in [1.807, 2.05) is 12.1 Å². The Hall–Kier alpha value is -2.73. The fraction of sp³-hybridized carbons (Fsp3) is 0.222. The molecule has 2 aromatic carbocycles. The maximum Gasteiger partial charge on any atom is 0.327 e. The summed E-state index contributed by atoms with van der Waals surface area (Å²) in [6.45, 7) is 1.07. The van der Waals surface area contributed by atoms with Crippen molar-refractivity contribution in [1.82, 2.24) is 4.90 Å². The van der Waals surface area contributed by atoms with Crippen LogP contribution in [0.2, 0.25) is 5.02 Å². The van der Waals surface area contributed by atoms with Crippen LogP contribution in [0.1, 0.15) is 5.56 Å². The number of nitrogens with zero attached hydrogens (tertiary/aromatic N) is 2. The number of hydrogen-bond donors (Lipinski definition) is 1. The lowest BCUT2D eigenvalue weighted by Crippen LogP contribution is -2.38. The topological polar surface area (TPSA) is 63.2 Å². The van der Waals surface area contributed by atoms with Crippen LogP contribution in [0.4, 0.5) is 10.5 Å². The van der Waals surface area contributed by atoms with Crippen LogP contribution in [0, 0.1) is 0 Å². The molecule has 0 radical (unpaired) electrons. The number of methoxy groups -OCH3 is 2. The van der Waals surface area contributed by atoms with Crippen molar-refractivity contribution in [2.24, 2.45) is 4.99 Å². The molecule has 0 bridgehead atoms. The standard InChI is InChI=1S/C18H18ClN3O3/c1-24-15-7-6-14(11-16(15)25-2)21-18(23)22-9-8-20-17(22)12-4-3-5-13(19)10-12/h3-7,10-11H,8-9H2,1-2H3,(H,21,23). The first-order valence-electron chi connectivity index (χ1n) is 7.73. The Morgan fingerprint density at radius 1 is 1.16 bits per heavy atom. The number of rotatable bonds is 4. The summed E-state index contributed by atoms with van der Waals surface area (Å²) in [5.41, 5.74) is 1.42. The molecule has 0 saturated carbocycles. The van der Waals surface area contributed by atoms with Gasteiger partial charge in [-0.1, -0.05) is 23.7 Å². The molecule has 2 amide bonds. The van der Waals surface area contributed by atoms with E-state index in [1.54, 1.807) is 49.5 Å². The van der Waals surface area contributed by atoms with Crippen LogP contribution in [-0.4, -0.2) is 44.1 Å². The summed E-state index contributed by atoms with van der Waals surface area (Å²) in [6, 6.07) is 12.2. The zero-order valence-corrected chi connectivity index (χ0v) is 14.7. The van der Waals surface area contributed by atoms with Gasteiger partial charge in [0.2, 0.25) is 0 Å². The number of urea groups is 1. The average Bonchev–Trinajstić information content (AvgIpc) is 3.11. The lowest BCUT2D eigenvalue weighted by atomic mass is 10.2. The van der Waals surface area contributed by atoms with Gasteiger partial charge in [0.05, 0.1) is 20.8 Å². The lowest BCUT2D eigenvalue weighted by molar-refractivity contribution is 0.236. The summed E-state index contributed by atoms with van der Waals surface area (Å²) in [6.07, 6.45) is 0. The number of hydrogen-bond acceptors (Lipinski definition) is 4. The number of anilines is 1. The number of benzene rings is 2. The molecular weight excluding hydrogens is 342 g/mol. The van der Waals surface area contributed by atoms with Crippen LogP contribution in [0.5, 0.6) is 11.5 Å². The molecule has 3 rings (SSSR count). The third-order valence-corrected chi connectivity index (χ3v) is 4.04. The van der Waals surface area contributed by atoms with Crippen molar-refractivity contribution >= 4 is 29.2 Å². The van der Waals surface area contributed by atoms with Gasteiger partial charge in [-0.3, -0.25) is 9.89 Å². The molecule has 0 spiro atoms. The molecule has 6 nitrogen and oxygen atoms in total. The van der Waals surface area contributed by atoms with Crippen molar-refractivity contribution < 1.29 is 14.3 Å². The quantitative estimate of drug-likeness (QED) is 0.906. The maximum absolute atomic E-state index is 12.7. The number of nitrogens with one attached hydrogen (secondary N) is 1. The third-order valence-electron chi connectivity index (χ3n) is 3.80. The minimum Gasteiger partial charge on any atom is -0.493 e. The Labute approximate surface area is 151 Å². The normalized spacial score (nSPS) is 13.4. The van der Waals surface area contributed by atoms with E-state index < -0.39 is 0 Å². The summed E-state index contributed by atoms with van der Waals surface area (Å²) in [5, 5.41) is 3.47. The van der Waals surface area contributed by atoms with Crippen LogP contribution in [-0.2, 0) is 0 Å². The van der Waals surface area contributed by atoms with Crippen LogP contribution < -0.4 is 14.8 Å². The van der Waals surface area contributed by atoms with Gasteiger partial charge in [-0.2, -0.15) is 0 Å². The van der Waals surface area contributed by atoms with E-state index in [2.05, 4.69) is 10.3 Å². The van der Waals surface area contributed by atoms with Crippen molar-refractivity contribution in [3.8, 4) is 11.5 Å². The van der Waals surface area contributed by atoms with Crippen molar-refractivity contribution in [3.63, 3.8) is 0 Å². The highest BCUT2D eigenvalue weighted by molar-refractivity contribution is 6.31. The van der Waals surface area contributed by atoms with Crippen LogP contribution >= 0.6 is 11.6 Å². The monoisotopic (exact) mass is 359 g/mol. The van der Waals surface area contributed by atoms with Gasteiger partial charge in [-0.05, 0) is 24.3 Å². The molecule has 0 atom stereocenters. The first-order chi connectivity index (χ1) is 12.1. The summed E-state index contributed by atoms with van der Waals surface area (Å²) < 4.78 is 10.5. The fourth-order valence-electron chi connectivity index (χ4n) is 2.62. The van der Waals surface area contributed by atoms with Gasteiger partial charge in [0, 0.05) is 28.9 Å². The van der Waals surface area contributed by atoms with Gasteiger partial charge < -0.3 is 14.8 Å². The van der Waals surface area contributed by atoms with Gasteiger partial charge in [0.25, 0.3) is 0 Å². The predicted octanol–water partition coefficient (Wildman–Crippen LogP) is 3.65. The van der Waals surface area contributed by atoms with Crippen LogP contribution in [0.15, 0.2) is 47.5 Å². The molecule has 0 fully saturated rings. The number of amidine groups is 1. The maximum atomic E-state index is 12.7. The van der Waals surface area contributed by atoms with Crippen molar-refractivity contribution in [2.45, 2.75) is 0 Å². The number of amides is 2. The van der Waals surface area contributed by atoms with E-state index in [-0.39, 0.29) is 6.03 Å². The zero-order valence-electron chi connectivity index (χ0n) is 14.0. The first-order valence-corrected chi connectivity index (χ1v) is 8.11. The highest BCUT2D eigenvalue weighted by atomic mass is 35.5. The highest BCUT2D eigenvalue weighted by Crippen LogP contribution is 2.30. The molecular formula is C18H18ClN3O3. The minimum absolute atomic E-state index is 0.261. The second-order valence-electron chi connectivity index (χ2n) is 5.37. The molecule has 0 aromatic heterocycles. The molecule has 25 heavy (non-hydrogen) atoms. The van der Waals surface area contributed by atoms with E-state index in [0.717, 1.165) is 5.56 Å². The number of halogens is 1. The number of carbonyl (C=O) groups is 1. The Morgan fingerprint density at radius 3 is 2.68 bits per heavy atom. The predicted molar refractivity (Wildman–Crippen MR) is 98.1 cm³/mol. The number of ether oxygens (including phenoxy) is 2. The van der Waals surface area contributed by atoms with E-state index in [9.17, 15) is 4.79 Å². The molecule has 7 heteroatoms. The molecule has 1 aliphatic rings. The van der Waals surface area contributed by atoms with E-state index in [4.69, 9.17) is 21.1 Å². The second-order valence-corrected chi connectivity index (χ2v) is 5.80. The molecule has 1 N–H and O–H groups in total. The van der Waals surface area contributed by atoms with Crippen molar-refractivity contribution in [3.05, 3.63) is 53.1 Å². The Bertz CT molecular complexity index is 823.